The molecule has 0 bridgehead atoms. The van der Waals surface area contributed by atoms with Crippen molar-refractivity contribution in [3.63, 3.8) is 0 Å². The summed E-state index contributed by atoms with van der Waals surface area (Å²) >= 11 is 7.61. The van der Waals surface area contributed by atoms with E-state index in [9.17, 15) is 13.2 Å². The largest absolute Gasteiger partial charge is 0.341 e. The van der Waals surface area contributed by atoms with E-state index in [4.69, 9.17) is 11.6 Å². The summed E-state index contributed by atoms with van der Waals surface area (Å²) < 4.78 is 25.7. The molecule has 0 spiro atoms. The van der Waals surface area contributed by atoms with E-state index in [1.165, 1.54) is 11.8 Å². The lowest BCUT2D eigenvalue weighted by atomic mass is 10.1. The summed E-state index contributed by atoms with van der Waals surface area (Å²) in [6.45, 7) is 1.83. The van der Waals surface area contributed by atoms with Crippen molar-refractivity contribution in [1.82, 2.24) is 14.5 Å². The molecule has 1 aliphatic rings. The number of hydrogen-bond acceptors (Lipinski definition) is 5. The van der Waals surface area contributed by atoms with E-state index in [0.29, 0.717) is 16.6 Å². The fourth-order valence-corrected chi connectivity index (χ4v) is 6.82. The molecular formula is C23H24ClN3O3S2. The topological polar surface area (TPSA) is 72.3 Å². The van der Waals surface area contributed by atoms with Crippen molar-refractivity contribution in [1.29, 1.82) is 0 Å². The molecule has 0 unspecified atom stereocenters. The Morgan fingerprint density at radius 1 is 1.22 bits per heavy atom. The standard InChI is InChI=1S/C23H24ClN3O3S2/c1-16(22(28)26(2)20-11-12-32(29,30)15-20)31-23-25-14-21(17-7-4-3-5-8-17)27(23)19-10-6-9-18(24)13-19/h3-10,13-14,16,20H,11-12,15H2,1-2H3/t16-,20-/m0/s1. The van der Waals surface area contributed by atoms with Crippen LogP contribution in [0, 0.1) is 0 Å². The maximum atomic E-state index is 13.1. The number of thioether (sulfide) groups is 1. The first-order valence-corrected chi connectivity index (χ1v) is 13.4. The Morgan fingerprint density at radius 2 is 1.97 bits per heavy atom. The van der Waals surface area contributed by atoms with E-state index in [-0.39, 0.29) is 23.5 Å². The zero-order chi connectivity index (χ0) is 22.9. The van der Waals surface area contributed by atoms with E-state index >= 15 is 0 Å². The molecule has 0 radical (unpaired) electrons. The highest BCUT2D eigenvalue weighted by Gasteiger charge is 2.34. The number of rotatable bonds is 6. The SMILES string of the molecule is C[C@H](Sc1ncc(-c2ccccc2)n1-c1cccc(Cl)c1)C(=O)N(C)[C@H]1CCS(=O)(=O)C1. The summed E-state index contributed by atoms with van der Waals surface area (Å²) in [5.41, 5.74) is 2.75. The quantitative estimate of drug-likeness (QED) is 0.482. The summed E-state index contributed by atoms with van der Waals surface area (Å²) in [6.07, 6.45) is 2.28. The minimum Gasteiger partial charge on any atom is -0.341 e. The number of halogens is 1. The Bertz CT molecular complexity index is 1230. The predicted octanol–water partition coefficient (Wildman–Crippen LogP) is 4.32. The lowest BCUT2D eigenvalue weighted by Crippen LogP contribution is -2.41. The second-order valence-electron chi connectivity index (χ2n) is 7.87. The molecule has 3 aromatic rings. The van der Waals surface area contributed by atoms with Gasteiger partial charge in [0, 0.05) is 29.4 Å². The monoisotopic (exact) mass is 489 g/mol. The summed E-state index contributed by atoms with van der Waals surface area (Å²) in [4.78, 5) is 19.3. The van der Waals surface area contributed by atoms with Crippen molar-refractivity contribution in [2.75, 3.05) is 18.6 Å². The summed E-state index contributed by atoms with van der Waals surface area (Å²) in [5.74, 6) is 0.0530. The van der Waals surface area contributed by atoms with Gasteiger partial charge in [-0.2, -0.15) is 0 Å². The maximum absolute atomic E-state index is 13.1. The van der Waals surface area contributed by atoms with Gasteiger partial charge >= 0.3 is 0 Å². The van der Waals surface area contributed by atoms with Gasteiger partial charge in [-0.15, -0.1) is 0 Å². The average molecular weight is 490 g/mol. The van der Waals surface area contributed by atoms with Crippen LogP contribution >= 0.6 is 23.4 Å². The first-order valence-electron chi connectivity index (χ1n) is 10.3. The first-order chi connectivity index (χ1) is 15.2. The highest BCUT2D eigenvalue weighted by atomic mass is 35.5. The number of sulfone groups is 1. The van der Waals surface area contributed by atoms with E-state index in [2.05, 4.69) is 4.98 Å². The number of hydrogen-bond donors (Lipinski definition) is 0. The van der Waals surface area contributed by atoms with Crippen LogP contribution in [0.4, 0.5) is 0 Å². The lowest BCUT2D eigenvalue weighted by Gasteiger charge is -2.26. The van der Waals surface area contributed by atoms with Gasteiger partial charge in [0.25, 0.3) is 0 Å². The Labute approximate surface area is 197 Å². The third-order valence-electron chi connectivity index (χ3n) is 5.60. The molecule has 168 valence electrons. The zero-order valence-electron chi connectivity index (χ0n) is 17.8. The molecule has 2 aromatic carbocycles. The van der Waals surface area contributed by atoms with Gasteiger partial charge < -0.3 is 4.90 Å². The van der Waals surface area contributed by atoms with Crippen LogP contribution in [0.1, 0.15) is 13.3 Å². The van der Waals surface area contributed by atoms with E-state index in [1.54, 1.807) is 18.1 Å². The zero-order valence-corrected chi connectivity index (χ0v) is 20.2. The van der Waals surface area contributed by atoms with Crippen molar-refractivity contribution >= 4 is 39.1 Å². The second kappa shape index (κ2) is 9.29. The number of benzene rings is 2. The van der Waals surface area contributed by atoms with E-state index < -0.39 is 15.1 Å². The number of aromatic nitrogens is 2. The number of amides is 1. The van der Waals surface area contributed by atoms with Crippen molar-refractivity contribution in [3.8, 4) is 16.9 Å². The Hall–Kier alpha value is -2.29. The summed E-state index contributed by atoms with van der Waals surface area (Å²) in [6, 6.07) is 17.1. The van der Waals surface area contributed by atoms with Crippen LogP contribution in [0.2, 0.25) is 5.02 Å². The Balaban J connectivity index is 1.63. The van der Waals surface area contributed by atoms with Crippen LogP contribution in [0.5, 0.6) is 0 Å². The Kier molecular flexibility index (Phi) is 6.65. The molecule has 1 fully saturated rings. The van der Waals surface area contributed by atoms with E-state index in [0.717, 1.165) is 16.9 Å². The van der Waals surface area contributed by atoms with Gasteiger partial charge in [0.05, 0.1) is 28.6 Å². The lowest BCUT2D eigenvalue weighted by molar-refractivity contribution is -0.130. The fourth-order valence-electron chi connectivity index (χ4n) is 3.85. The van der Waals surface area contributed by atoms with Gasteiger partial charge in [0.1, 0.15) is 0 Å². The van der Waals surface area contributed by atoms with Crippen molar-refractivity contribution < 1.29 is 13.2 Å². The maximum Gasteiger partial charge on any atom is 0.235 e. The average Bonchev–Trinajstić information content (AvgIpc) is 3.36. The molecule has 0 N–H and O–H groups in total. The fraction of sp³-hybridized carbons (Fsp3) is 0.304. The van der Waals surface area contributed by atoms with Gasteiger partial charge in [-0.05, 0) is 31.5 Å². The van der Waals surface area contributed by atoms with Crippen LogP contribution in [0.3, 0.4) is 0 Å². The number of imidazole rings is 1. The minimum absolute atomic E-state index is 0.0297. The van der Waals surface area contributed by atoms with Crippen LogP contribution in [0.15, 0.2) is 66.0 Å². The van der Waals surface area contributed by atoms with Gasteiger partial charge in [-0.3, -0.25) is 9.36 Å². The van der Waals surface area contributed by atoms with Gasteiger partial charge in [0.2, 0.25) is 5.91 Å². The van der Waals surface area contributed by atoms with Gasteiger partial charge in [-0.1, -0.05) is 59.8 Å². The molecule has 0 saturated carbocycles. The highest BCUT2D eigenvalue weighted by Crippen LogP contribution is 2.33. The van der Waals surface area contributed by atoms with Gasteiger partial charge in [0.15, 0.2) is 15.0 Å². The van der Waals surface area contributed by atoms with Gasteiger partial charge in [-0.25, -0.2) is 13.4 Å². The van der Waals surface area contributed by atoms with Crippen molar-refractivity contribution in [3.05, 3.63) is 65.8 Å². The van der Waals surface area contributed by atoms with Crippen LogP contribution in [-0.2, 0) is 14.6 Å². The number of carbonyl (C=O) groups excluding carboxylic acids is 1. The summed E-state index contributed by atoms with van der Waals surface area (Å²) in [7, 11) is -1.38. The molecule has 1 aromatic heterocycles. The molecule has 2 atom stereocenters. The Morgan fingerprint density at radius 3 is 2.62 bits per heavy atom. The molecule has 1 aliphatic heterocycles. The molecule has 1 saturated heterocycles. The van der Waals surface area contributed by atoms with Crippen LogP contribution in [-0.4, -0.2) is 58.6 Å². The van der Waals surface area contributed by atoms with Crippen molar-refractivity contribution in [2.24, 2.45) is 0 Å². The smallest absolute Gasteiger partial charge is 0.235 e. The van der Waals surface area contributed by atoms with Crippen molar-refractivity contribution in [2.45, 2.75) is 29.8 Å². The molecule has 0 aliphatic carbocycles. The van der Waals surface area contributed by atoms with Crippen LogP contribution in [0.25, 0.3) is 16.9 Å². The molecule has 2 heterocycles. The third kappa shape index (κ3) is 4.87. The minimum atomic E-state index is -3.06. The summed E-state index contributed by atoms with van der Waals surface area (Å²) in [5, 5.41) is 0.837. The third-order valence-corrected chi connectivity index (χ3v) is 8.64. The predicted molar refractivity (Wildman–Crippen MR) is 129 cm³/mol. The van der Waals surface area contributed by atoms with E-state index in [1.807, 2.05) is 66.1 Å². The number of nitrogens with zero attached hydrogens (tertiary/aromatic N) is 3. The second-order valence-corrected chi connectivity index (χ2v) is 11.8. The number of carbonyl (C=O) groups is 1. The highest BCUT2D eigenvalue weighted by molar-refractivity contribution is 8.00. The molecule has 9 heteroatoms. The molecule has 1 amide bonds. The molecular weight excluding hydrogens is 466 g/mol. The molecule has 32 heavy (non-hydrogen) atoms. The normalized spacial score (nSPS) is 18.4. The molecule has 6 nitrogen and oxygen atoms in total. The molecule has 4 rings (SSSR count). The first kappa shape index (κ1) is 22.9. The van der Waals surface area contributed by atoms with Crippen LogP contribution < -0.4 is 0 Å².